The smallest absolute Gasteiger partial charge is 0.318 e. The van der Waals surface area contributed by atoms with Crippen LogP contribution in [0.2, 0.25) is 0 Å². The van der Waals surface area contributed by atoms with E-state index in [9.17, 15) is 19.8 Å². The highest BCUT2D eigenvalue weighted by Gasteiger charge is 2.82. The molecule has 0 radical (unpaired) electrons. The lowest BCUT2D eigenvalue weighted by Crippen LogP contribution is -2.74. The molecule has 6 aliphatic rings. The van der Waals surface area contributed by atoms with Gasteiger partial charge < -0.3 is 24.1 Å². The van der Waals surface area contributed by atoms with Gasteiger partial charge in [-0.1, -0.05) is 0 Å². The maximum atomic E-state index is 12.8. The van der Waals surface area contributed by atoms with Crippen LogP contribution in [0.3, 0.4) is 0 Å². The van der Waals surface area contributed by atoms with E-state index in [4.69, 9.17) is 13.9 Å². The molecule has 1 spiro atoms. The van der Waals surface area contributed by atoms with Gasteiger partial charge in [0, 0.05) is 36.5 Å². The van der Waals surface area contributed by atoms with Crippen molar-refractivity contribution in [2.75, 3.05) is 6.61 Å². The van der Waals surface area contributed by atoms with Gasteiger partial charge in [0.25, 0.3) is 0 Å². The molecule has 7 nitrogen and oxygen atoms in total. The first kappa shape index (κ1) is 15.4. The summed E-state index contributed by atoms with van der Waals surface area (Å²) in [5, 5.41) is 22.7. The molecule has 7 heteroatoms. The fourth-order valence-corrected chi connectivity index (χ4v) is 6.99. The minimum atomic E-state index is -1.55. The van der Waals surface area contributed by atoms with Crippen LogP contribution in [0.4, 0.5) is 0 Å². The van der Waals surface area contributed by atoms with Gasteiger partial charge in [-0.25, -0.2) is 0 Å². The van der Waals surface area contributed by atoms with Crippen molar-refractivity contribution in [2.24, 2.45) is 22.7 Å². The quantitative estimate of drug-likeness (QED) is 0.668. The predicted molar refractivity (Wildman–Crippen MR) is 83.7 cm³/mol. The summed E-state index contributed by atoms with van der Waals surface area (Å²) >= 11 is 0. The molecular weight excluding hydrogens is 340 g/mol. The number of Topliss-reactive ketones (excluding diaryl/α,β-unsaturated/α-hetero) is 1. The molecule has 4 heterocycles. The van der Waals surface area contributed by atoms with Gasteiger partial charge in [0.05, 0.1) is 18.4 Å². The van der Waals surface area contributed by atoms with Crippen LogP contribution < -0.4 is 0 Å². The van der Waals surface area contributed by atoms with Crippen LogP contribution in [-0.2, 0) is 19.9 Å². The van der Waals surface area contributed by atoms with E-state index in [1.165, 1.54) is 6.26 Å². The third-order valence-corrected chi connectivity index (χ3v) is 8.15. The number of ketones is 1. The first-order chi connectivity index (χ1) is 12.3. The van der Waals surface area contributed by atoms with Crippen molar-refractivity contribution in [2.45, 2.75) is 50.1 Å². The molecular formula is C19H20O7. The van der Waals surface area contributed by atoms with E-state index < -0.39 is 40.2 Å². The number of carbonyl (C=O) groups is 2. The molecule has 1 aromatic rings. The zero-order valence-corrected chi connectivity index (χ0v) is 14.4. The van der Waals surface area contributed by atoms with Crippen LogP contribution in [0.25, 0.3) is 0 Å². The molecule has 3 aliphatic carbocycles. The topological polar surface area (TPSA) is 106 Å². The number of hydrogen-bond donors (Lipinski definition) is 2. The summed E-state index contributed by atoms with van der Waals surface area (Å²) < 4.78 is 17.1. The lowest BCUT2D eigenvalue weighted by molar-refractivity contribution is -0.385. The van der Waals surface area contributed by atoms with Gasteiger partial charge in [0.15, 0.2) is 11.6 Å². The SMILES string of the molecule is C[C@]12C(=O)O[C@@H]3C[C@@]4(O)c5occc5C(=O)C[C@H]4[C@]4(CC[C@@]1(O)OC4)[C@@H]32. The second-order valence-electron chi connectivity index (χ2n) is 8.90. The Morgan fingerprint density at radius 2 is 2.04 bits per heavy atom. The Morgan fingerprint density at radius 1 is 1.23 bits per heavy atom. The van der Waals surface area contributed by atoms with Crippen molar-refractivity contribution < 1.29 is 33.7 Å². The minimum absolute atomic E-state index is 0.0606. The first-order valence-electron chi connectivity index (χ1n) is 9.17. The number of rotatable bonds is 0. The Bertz CT molecular complexity index is 863. The largest absolute Gasteiger partial charge is 0.465 e. The van der Waals surface area contributed by atoms with Gasteiger partial charge in [-0.2, -0.15) is 0 Å². The molecule has 3 saturated heterocycles. The number of carbonyl (C=O) groups excluding carboxylic acids is 2. The molecule has 138 valence electrons. The van der Waals surface area contributed by atoms with Gasteiger partial charge in [-0.3, -0.25) is 9.59 Å². The molecule has 3 aliphatic heterocycles. The van der Waals surface area contributed by atoms with E-state index in [-0.39, 0.29) is 43.3 Å². The van der Waals surface area contributed by atoms with Crippen LogP contribution >= 0.6 is 0 Å². The van der Waals surface area contributed by atoms with E-state index in [1.807, 2.05) is 0 Å². The fraction of sp³-hybridized carbons (Fsp3) is 0.684. The molecule has 0 aromatic carbocycles. The predicted octanol–water partition coefficient (Wildman–Crippen LogP) is 1.12. The summed E-state index contributed by atoms with van der Waals surface area (Å²) in [6.45, 7) is 1.91. The average Bonchev–Trinajstić information content (AvgIpc) is 3.19. The number of hydrogen-bond acceptors (Lipinski definition) is 7. The highest BCUT2D eigenvalue weighted by atomic mass is 16.6. The maximum absolute atomic E-state index is 12.8. The Kier molecular flexibility index (Phi) is 2.41. The van der Waals surface area contributed by atoms with Gasteiger partial charge in [-0.05, 0) is 19.4 Å². The zero-order valence-electron chi connectivity index (χ0n) is 14.4. The first-order valence-corrected chi connectivity index (χ1v) is 9.17. The summed E-state index contributed by atoms with van der Waals surface area (Å²) in [4.78, 5) is 25.5. The number of furan rings is 1. The number of fused-ring (bicyclic) bond motifs is 5. The van der Waals surface area contributed by atoms with Crippen LogP contribution in [0.5, 0.6) is 0 Å². The standard InChI is InChI=1S/C19H20O7/c1-16-13-11(26-15(16)21)7-18(22)12(6-10(20)9-2-5-24-14(9)18)17(13)3-4-19(16,23)25-8-17/h2,5,11-13,22-23H,3-4,6-8H2,1H3/t11-,12+,13+,16+,17-,18+,19-/m1/s1. The Morgan fingerprint density at radius 3 is 2.77 bits per heavy atom. The molecule has 7 atom stereocenters. The van der Waals surface area contributed by atoms with E-state index >= 15 is 0 Å². The maximum Gasteiger partial charge on any atom is 0.318 e. The third-order valence-electron chi connectivity index (χ3n) is 8.15. The Hall–Kier alpha value is -1.70. The average molecular weight is 360 g/mol. The minimum Gasteiger partial charge on any atom is -0.465 e. The van der Waals surface area contributed by atoms with Crippen molar-refractivity contribution in [1.82, 2.24) is 0 Å². The molecule has 1 aromatic heterocycles. The molecule has 7 rings (SSSR count). The van der Waals surface area contributed by atoms with Crippen LogP contribution in [-0.4, -0.2) is 40.5 Å². The Balaban J connectivity index is 1.60. The molecule has 0 unspecified atom stereocenters. The number of aliphatic hydroxyl groups is 2. The molecule has 26 heavy (non-hydrogen) atoms. The van der Waals surface area contributed by atoms with Crippen molar-refractivity contribution in [3.05, 3.63) is 23.7 Å². The fourth-order valence-electron chi connectivity index (χ4n) is 6.99. The third kappa shape index (κ3) is 1.30. The van der Waals surface area contributed by atoms with E-state index in [0.717, 1.165) is 0 Å². The molecule has 2 bridgehead atoms. The summed E-state index contributed by atoms with van der Waals surface area (Å²) in [7, 11) is 0. The van der Waals surface area contributed by atoms with Crippen molar-refractivity contribution in [3.63, 3.8) is 0 Å². The highest BCUT2D eigenvalue weighted by Crippen LogP contribution is 2.74. The van der Waals surface area contributed by atoms with Crippen molar-refractivity contribution in [3.8, 4) is 0 Å². The lowest BCUT2D eigenvalue weighted by atomic mass is 9.40. The van der Waals surface area contributed by atoms with Crippen LogP contribution in [0, 0.1) is 22.7 Å². The van der Waals surface area contributed by atoms with E-state index in [2.05, 4.69) is 0 Å². The number of ether oxygens (including phenoxy) is 2. The van der Waals surface area contributed by atoms with Gasteiger partial charge in [-0.15, -0.1) is 0 Å². The second kappa shape index (κ2) is 4.08. The Labute approximate surface area is 149 Å². The second-order valence-corrected chi connectivity index (χ2v) is 8.90. The summed E-state index contributed by atoms with van der Waals surface area (Å²) in [6.07, 6.45) is 2.11. The zero-order chi connectivity index (χ0) is 18.1. The molecule has 0 amide bonds. The van der Waals surface area contributed by atoms with Gasteiger partial charge in [0.2, 0.25) is 0 Å². The molecule has 2 saturated carbocycles. The highest BCUT2D eigenvalue weighted by molar-refractivity contribution is 5.99. The molecule has 5 fully saturated rings. The normalized spacial score (nSPS) is 53.7. The number of esters is 1. The summed E-state index contributed by atoms with van der Waals surface area (Å²) in [6, 6.07) is 1.59. The summed E-state index contributed by atoms with van der Waals surface area (Å²) in [5.74, 6) is -2.52. The van der Waals surface area contributed by atoms with Crippen molar-refractivity contribution in [1.29, 1.82) is 0 Å². The van der Waals surface area contributed by atoms with Crippen molar-refractivity contribution >= 4 is 11.8 Å². The van der Waals surface area contributed by atoms with Gasteiger partial charge >= 0.3 is 5.97 Å². The lowest BCUT2D eigenvalue weighted by Gasteiger charge is -2.67. The van der Waals surface area contributed by atoms with Gasteiger partial charge in [0.1, 0.15) is 22.9 Å². The summed E-state index contributed by atoms with van der Waals surface area (Å²) in [5.41, 5.74) is -2.75. The van der Waals surface area contributed by atoms with Crippen LogP contribution in [0.15, 0.2) is 16.7 Å². The monoisotopic (exact) mass is 360 g/mol. The molecule has 2 N–H and O–H groups in total. The van der Waals surface area contributed by atoms with E-state index in [0.29, 0.717) is 12.0 Å². The van der Waals surface area contributed by atoms with Crippen LogP contribution in [0.1, 0.15) is 48.7 Å². The van der Waals surface area contributed by atoms with E-state index in [1.54, 1.807) is 13.0 Å².